The standard InChI is InChI=1S/C18H30O2.Ca.2H/c1-2-3-4-5-6-7-8-9-10-11-12-13-14-15-16-17-18(19)20;;;/h6-7,9-10,12-13H,2-5,8,11,14-17H2,1H3,(H,19,20);;;/b7-6-,10-9-,13-12-;;;. The Bertz CT molecular complexity index is 306. The van der Waals surface area contributed by atoms with Crippen molar-refractivity contribution in [2.45, 2.75) is 71.1 Å². The molecule has 0 saturated heterocycles. The van der Waals surface area contributed by atoms with Gasteiger partial charge in [0.15, 0.2) is 0 Å². The number of unbranched alkanes of at least 4 members (excludes halogenated alkanes) is 5. The predicted octanol–water partition coefficient (Wildman–Crippen LogP) is 4.74. The Kier molecular flexibility index (Phi) is 22.1. The van der Waals surface area contributed by atoms with Crippen molar-refractivity contribution < 1.29 is 9.90 Å². The summed E-state index contributed by atoms with van der Waals surface area (Å²) in [6.45, 7) is 2.23. The Balaban J connectivity index is 0. The molecule has 2 nitrogen and oxygen atoms in total. The molecule has 1 N–H and O–H groups in total. The summed E-state index contributed by atoms with van der Waals surface area (Å²) >= 11 is 0. The van der Waals surface area contributed by atoms with E-state index in [-0.39, 0.29) is 37.7 Å². The number of hydrogen-bond acceptors (Lipinski definition) is 1. The average Bonchev–Trinajstić information content (AvgIpc) is 2.43. The average molecular weight is 321 g/mol. The van der Waals surface area contributed by atoms with Crippen LogP contribution in [0.3, 0.4) is 0 Å². The van der Waals surface area contributed by atoms with E-state index in [2.05, 4.69) is 43.4 Å². The van der Waals surface area contributed by atoms with Crippen molar-refractivity contribution in [3.8, 4) is 0 Å². The van der Waals surface area contributed by atoms with Crippen molar-refractivity contribution in [3.05, 3.63) is 36.5 Å². The van der Waals surface area contributed by atoms with Gasteiger partial charge in [-0.3, -0.25) is 4.79 Å². The van der Waals surface area contributed by atoms with Crippen molar-refractivity contribution >= 4 is 43.7 Å². The van der Waals surface area contributed by atoms with E-state index in [1.165, 1.54) is 25.7 Å². The molecule has 0 aliphatic rings. The zero-order chi connectivity index (χ0) is 14.9. The van der Waals surface area contributed by atoms with Gasteiger partial charge in [0, 0.05) is 6.42 Å². The van der Waals surface area contributed by atoms with Crippen molar-refractivity contribution in [3.63, 3.8) is 0 Å². The van der Waals surface area contributed by atoms with Crippen LogP contribution < -0.4 is 0 Å². The summed E-state index contributed by atoms with van der Waals surface area (Å²) in [5.74, 6) is -0.695. The van der Waals surface area contributed by atoms with Gasteiger partial charge in [-0.05, 0) is 44.9 Å². The molecule has 0 aliphatic heterocycles. The summed E-state index contributed by atoms with van der Waals surface area (Å²) in [4.78, 5) is 10.3. The number of carboxylic acids is 1. The van der Waals surface area contributed by atoms with Crippen LogP contribution in [0.5, 0.6) is 0 Å². The zero-order valence-electron chi connectivity index (χ0n) is 12.9. The topological polar surface area (TPSA) is 37.3 Å². The number of carboxylic acid groups (broad SMARTS) is 1. The third-order valence-electron chi connectivity index (χ3n) is 3.03. The summed E-state index contributed by atoms with van der Waals surface area (Å²) in [5.41, 5.74) is 0. The van der Waals surface area contributed by atoms with Gasteiger partial charge in [0.1, 0.15) is 0 Å². The fourth-order valence-electron chi connectivity index (χ4n) is 1.83. The molecule has 118 valence electrons. The molecule has 21 heavy (non-hydrogen) atoms. The van der Waals surface area contributed by atoms with E-state index >= 15 is 0 Å². The van der Waals surface area contributed by atoms with E-state index in [1.807, 2.05) is 0 Å². The maximum absolute atomic E-state index is 10.3. The molecule has 0 heterocycles. The molecule has 0 atom stereocenters. The monoisotopic (exact) mass is 320 g/mol. The van der Waals surface area contributed by atoms with Crippen molar-refractivity contribution in [2.24, 2.45) is 0 Å². The van der Waals surface area contributed by atoms with Gasteiger partial charge in [0.05, 0.1) is 0 Å². The summed E-state index contributed by atoms with van der Waals surface area (Å²) in [5, 5.41) is 8.48. The van der Waals surface area contributed by atoms with Crippen LogP contribution in [-0.4, -0.2) is 48.8 Å². The molecule has 3 heteroatoms. The molecule has 0 spiro atoms. The van der Waals surface area contributed by atoms with Crippen molar-refractivity contribution in [2.75, 3.05) is 0 Å². The Morgan fingerprint density at radius 3 is 1.76 bits per heavy atom. The summed E-state index contributed by atoms with van der Waals surface area (Å²) < 4.78 is 0. The summed E-state index contributed by atoms with van der Waals surface area (Å²) in [6, 6.07) is 0. The van der Waals surface area contributed by atoms with Gasteiger partial charge in [-0.1, -0.05) is 56.2 Å². The van der Waals surface area contributed by atoms with Gasteiger partial charge >= 0.3 is 43.7 Å². The fraction of sp³-hybridized carbons (Fsp3) is 0.611. The van der Waals surface area contributed by atoms with E-state index in [9.17, 15) is 4.79 Å². The van der Waals surface area contributed by atoms with Gasteiger partial charge in [0.25, 0.3) is 0 Å². The summed E-state index contributed by atoms with van der Waals surface area (Å²) in [6.07, 6.45) is 23.3. The third-order valence-corrected chi connectivity index (χ3v) is 3.03. The number of carbonyl (C=O) groups is 1. The van der Waals surface area contributed by atoms with Crippen LogP contribution >= 0.6 is 0 Å². The van der Waals surface area contributed by atoms with Crippen LogP contribution in [0.15, 0.2) is 36.5 Å². The zero-order valence-corrected chi connectivity index (χ0v) is 12.9. The van der Waals surface area contributed by atoms with Crippen LogP contribution in [0.4, 0.5) is 0 Å². The molecule has 0 aliphatic carbocycles. The van der Waals surface area contributed by atoms with Crippen LogP contribution in [0.2, 0.25) is 0 Å². The first kappa shape index (κ1) is 23.2. The second-order valence-corrected chi connectivity index (χ2v) is 5.02. The normalized spacial score (nSPS) is 11.5. The Hall–Kier alpha value is -0.0503. The fourth-order valence-corrected chi connectivity index (χ4v) is 1.83. The Morgan fingerprint density at radius 1 is 0.810 bits per heavy atom. The third kappa shape index (κ3) is 22.4. The summed E-state index contributed by atoms with van der Waals surface area (Å²) in [7, 11) is 0. The molecule has 0 unspecified atom stereocenters. The number of aliphatic carboxylic acids is 1. The van der Waals surface area contributed by atoms with Gasteiger partial charge in [-0.2, -0.15) is 0 Å². The Labute approximate surface area is 160 Å². The van der Waals surface area contributed by atoms with Crippen molar-refractivity contribution in [1.29, 1.82) is 0 Å². The molecule has 0 saturated carbocycles. The number of rotatable bonds is 13. The van der Waals surface area contributed by atoms with Gasteiger partial charge in [-0.15, -0.1) is 0 Å². The second-order valence-electron chi connectivity index (χ2n) is 5.02. The van der Waals surface area contributed by atoms with Crippen LogP contribution in [-0.2, 0) is 4.79 Å². The molecule has 0 aromatic heterocycles. The first-order chi connectivity index (χ1) is 9.77. The quantitative estimate of drug-likeness (QED) is 0.302. The first-order valence-electron chi connectivity index (χ1n) is 7.94. The molecule has 0 bridgehead atoms. The van der Waals surface area contributed by atoms with Crippen LogP contribution in [0.25, 0.3) is 0 Å². The van der Waals surface area contributed by atoms with Crippen molar-refractivity contribution in [1.82, 2.24) is 0 Å². The van der Waals surface area contributed by atoms with Crippen LogP contribution in [0.1, 0.15) is 71.1 Å². The van der Waals surface area contributed by atoms with Crippen LogP contribution in [0, 0.1) is 0 Å². The van der Waals surface area contributed by atoms with E-state index in [1.54, 1.807) is 0 Å². The molecular weight excluding hydrogens is 288 g/mol. The molecule has 0 aromatic carbocycles. The Morgan fingerprint density at radius 2 is 1.29 bits per heavy atom. The van der Waals surface area contributed by atoms with Gasteiger partial charge in [-0.25, -0.2) is 0 Å². The van der Waals surface area contributed by atoms with E-state index in [0.29, 0.717) is 6.42 Å². The predicted molar refractivity (Wildman–Crippen MR) is 95.4 cm³/mol. The minimum atomic E-state index is -0.695. The van der Waals surface area contributed by atoms with Gasteiger partial charge in [0.2, 0.25) is 0 Å². The molecule has 0 aromatic rings. The number of allylic oxidation sites excluding steroid dienone is 6. The minimum absolute atomic E-state index is 0. The first-order valence-corrected chi connectivity index (χ1v) is 7.94. The SMILES string of the molecule is CCCCC/C=C\C/C=C\C/C=C\CCCCC(=O)O.[CaH2]. The number of hydrogen-bond donors (Lipinski definition) is 1. The van der Waals surface area contributed by atoms with E-state index < -0.39 is 5.97 Å². The molecule has 0 amide bonds. The van der Waals surface area contributed by atoms with E-state index in [0.717, 1.165) is 32.1 Å². The van der Waals surface area contributed by atoms with E-state index in [4.69, 9.17) is 5.11 Å². The molecule has 0 rings (SSSR count). The maximum atomic E-state index is 10.3. The second kappa shape index (κ2) is 19.9. The molecular formula is C18H32CaO2. The molecule has 0 fully saturated rings. The van der Waals surface area contributed by atoms with Gasteiger partial charge < -0.3 is 5.11 Å². The molecule has 0 radical (unpaired) electrons.